The van der Waals surface area contributed by atoms with Gasteiger partial charge in [0.05, 0.1) is 6.07 Å². The number of carbonyl (C=O) groups is 1. The van der Waals surface area contributed by atoms with E-state index in [-0.39, 0.29) is 22.3 Å². The number of nitrogens with one attached hydrogen (secondary N) is 2. The summed E-state index contributed by atoms with van der Waals surface area (Å²) in [6.45, 7) is 5.40. The zero-order valence-corrected chi connectivity index (χ0v) is 22.1. The Morgan fingerprint density at radius 2 is 2.03 bits per heavy atom. The molecule has 194 valence electrons. The van der Waals surface area contributed by atoms with E-state index >= 15 is 0 Å². The molecular formula is C28H34N6O2S. The summed E-state index contributed by atoms with van der Waals surface area (Å²) in [7, 11) is 0. The van der Waals surface area contributed by atoms with Crippen LogP contribution in [-0.2, 0) is 17.8 Å². The van der Waals surface area contributed by atoms with Crippen LogP contribution in [0.5, 0.6) is 0 Å². The van der Waals surface area contributed by atoms with Crippen molar-refractivity contribution in [3.8, 4) is 12.1 Å². The van der Waals surface area contributed by atoms with Crippen molar-refractivity contribution in [2.24, 2.45) is 11.8 Å². The molecule has 0 bridgehead atoms. The molecule has 1 saturated heterocycles. The summed E-state index contributed by atoms with van der Waals surface area (Å²) < 4.78 is 2.10. The van der Waals surface area contributed by atoms with E-state index < -0.39 is 5.91 Å². The molecular weight excluding hydrogens is 484 g/mol. The van der Waals surface area contributed by atoms with Crippen molar-refractivity contribution in [3.05, 3.63) is 49.4 Å². The third kappa shape index (κ3) is 6.49. The summed E-state index contributed by atoms with van der Waals surface area (Å²) in [5.41, 5.74) is 1.70. The number of piperidine rings is 1. The van der Waals surface area contributed by atoms with E-state index in [4.69, 9.17) is 5.26 Å². The predicted octanol–water partition coefficient (Wildman–Crippen LogP) is 2.15. The van der Waals surface area contributed by atoms with Gasteiger partial charge in [-0.2, -0.15) is 10.5 Å². The Bertz CT molecular complexity index is 1380. The van der Waals surface area contributed by atoms with E-state index in [1.807, 2.05) is 24.3 Å². The first-order chi connectivity index (χ1) is 18.0. The lowest BCUT2D eigenvalue weighted by molar-refractivity contribution is -0.115. The largest absolute Gasteiger partial charge is 0.360 e. The summed E-state index contributed by atoms with van der Waals surface area (Å²) in [6.07, 6.45) is 9.56. The molecule has 4 rings (SSSR count). The zero-order chi connectivity index (χ0) is 26.2. The minimum absolute atomic E-state index is 0.168. The van der Waals surface area contributed by atoms with Gasteiger partial charge in [-0.1, -0.05) is 31.4 Å². The van der Waals surface area contributed by atoms with Crippen LogP contribution in [0.15, 0.2) is 29.1 Å². The van der Waals surface area contributed by atoms with Crippen molar-refractivity contribution in [1.29, 1.82) is 10.5 Å². The van der Waals surface area contributed by atoms with Crippen LogP contribution in [0.4, 0.5) is 5.69 Å². The Kier molecular flexibility index (Phi) is 9.16. The van der Waals surface area contributed by atoms with Crippen LogP contribution in [0.3, 0.4) is 0 Å². The predicted molar refractivity (Wildman–Crippen MR) is 146 cm³/mol. The lowest BCUT2D eigenvalue weighted by Crippen LogP contribution is -2.42. The summed E-state index contributed by atoms with van der Waals surface area (Å²) in [6, 6.07) is 11.9. The van der Waals surface area contributed by atoms with Gasteiger partial charge in [0.2, 0.25) is 0 Å². The molecule has 9 heteroatoms. The summed E-state index contributed by atoms with van der Waals surface area (Å²) in [5.74, 6) is 1.16. The van der Waals surface area contributed by atoms with Gasteiger partial charge in [0.25, 0.3) is 11.5 Å². The number of likely N-dealkylation sites (tertiary alicyclic amines) is 1. The van der Waals surface area contributed by atoms with Crippen LogP contribution in [-0.4, -0.2) is 41.6 Å². The van der Waals surface area contributed by atoms with Crippen LogP contribution in [0.2, 0.25) is 0 Å². The second-order valence-corrected chi connectivity index (χ2v) is 10.8. The maximum Gasteiger partial charge on any atom is 0.270 e. The first-order valence-corrected chi connectivity index (χ1v) is 13.9. The molecule has 1 aromatic carbocycles. The maximum atomic E-state index is 12.9. The number of hydrogen-bond acceptors (Lipinski definition) is 7. The summed E-state index contributed by atoms with van der Waals surface area (Å²) in [5, 5.41) is 23.8. The van der Waals surface area contributed by atoms with E-state index in [0.717, 1.165) is 41.8 Å². The molecule has 2 atom stereocenters. The highest BCUT2D eigenvalue weighted by Crippen LogP contribution is 2.36. The van der Waals surface area contributed by atoms with Crippen LogP contribution >= 0.6 is 11.3 Å². The SMILES string of the molecule is CCn1c(=C(C#N)C(=O)NCC#N)sc(=CNc2cccc(CCN3CC[C@H]4CCCC[C@@H]4C3)c2)c1=O. The van der Waals surface area contributed by atoms with E-state index in [1.165, 1.54) is 55.3 Å². The topological polar surface area (TPSA) is 114 Å². The highest BCUT2D eigenvalue weighted by Gasteiger charge is 2.30. The fourth-order valence-electron chi connectivity index (χ4n) is 5.53. The molecule has 2 aliphatic rings. The number of amides is 1. The average molecular weight is 519 g/mol. The number of hydrogen-bond donors (Lipinski definition) is 2. The highest BCUT2D eigenvalue weighted by atomic mass is 32.1. The second kappa shape index (κ2) is 12.7. The Morgan fingerprint density at radius 3 is 2.78 bits per heavy atom. The van der Waals surface area contributed by atoms with Crippen LogP contribution in [0, 0.1) is 34.5 Å². The van der Waals surface area contributed by atoms with Crippen molar-refractivity contribution in [1.82, 2.24) is 14.8 Å². The second-order valence-electron chi connectivity index (χ2n) is 9.78. The molecule has 2 N–H and O–H groups in total. The first kappa shape index (κ1) is 26.7. The monoisotopic (exact) mass is 518 g/mol. The standard InChI is InChI=1S/C28H34N6O2S/c1-2-34-27(36)25(37-28(34)24(17-30)26(35)31-13-12-29)18-32-23-9-5-6-20(16-23)10-14-33-15-11-21-7-3-4-8-22(21)19-33/h5-6,9,16,18,21-22,32H,2-4,7-8,10-11,13-15,19H2,1H3,(H,31,35)/t21-,22-/m1/s1. The molecule has 1 aliphatic carbocycles. The molecule has 1 aromatic heterocycles. The molecule has 1 saturated carbocycles. The third-order valence-electron chi connectivity index (χ3n) is 7.49. The van der Waals surface area contributed by atoms with Crippen LogP contribution < -0.4 is 25.4 Å². The average Bonchev–Trinajstić information content (AvgIpc) is 3.24. The number of nitriles is 2. The van der Waals surface area contributed by atoms with Gasteiger partial charge in [-0.3, -0.25) is 14.2 Å². The number of nitrogens with zero attached hydrogens (tertiary/aromatic N) is 4. The highest BCUT2D eigenvalue weighted by molar-refractivity contribution is 7.07. The van der Waals surface area contributed by atoms with Gasteiger partial charge in [-0.05, 0) is 62.3 Å². The van der Waals surface area contributed by atoms with Gasteiger partial charge in [0, 0.05) is 31.5 Å². The molecule has 1 aliphatic heterocycles. The lowest BCUT2D eigenvalue weighted by Gasteiger charge is -2.41. The number of aromatic nitrogens is 1. The number of thiazole rings is 1. The van der Waals surface area contributed by atoms with E-state index in [9.17, 15) is 14.9 Å². The molecule has 2 fully saturated rings. The summed E-state index contributed by atoms with van der Waals surface area (Å²) in [4.78, 5) is 27.9. The minimum Gasteiger partial charge on any atom is -0.360 e. The fraction of sp³-hybridized carbons (Fsp3) is 0.500. The Hall–Kier alpha value is -3.40. The van der Waals surface area contributed by atoms with Crippen molar-refractivity contribution in [3.63, 3.8) is 0 Å². The molecule has 2 aromatic rings. The van der Waals surface area contributed by atoms with Crippen molar-refractivity contribution >= 4 is 34.7 Å². The lowest BCUT2D eigenvalue weighted by atomic mass is 9.75. The quantitative estimate of drug-likeness (QED) is 0.518. The molecule has 0 spiro atoms. The smallest absolute Gasteiger partial charge is 0.270 e. The molecule has 0 radical (unpaired) electrons. The molecule has 2 heterocycles. The van der Waals surface area contributed by atoms with Crippen LogP contribution in [0.1, 0.15) is 44.6 Å². The minimum atomic E-state index is -0.660. The van der Waals surface area contributed by atoms with Gasteiger partial charge >= 0.3 is 0 Å². The molecule has 1 amide bonds. The number of fused-ring (bicyclic) bond motifs is 1. The number of anilines is 1. The van der Waals surface area contributed by atoms with E-state index in [1.54, 1.807) is 13.1 Å². The molecule has 8 nitrogen and oxygen atoms in total. The number of carbonyl (C=O) groups excluding carboxylic acids is 1. The van der Waals surface area contributed by atoms with Crippen molar-refractivity contribution in [2.75, 3.05) is 31.5 Å². The van der Waals surface area contributed by atoms with E-state index in [2.05, 4.69) is 27.7 Å². The Balaban J connectivity index is 1.46. The van der Waals surface area contributed by atoms with E-state index in [0.29, 0.717) is 11.1 Å². The Labute approximate surface area is 221 Å². The van der Waals surface area contributed by atoms with Gasteiger partial charge < -0.3 is 15.5 Å². The van der Waals surface area contributed by atoms with Gasteiger partial charge in [-0.25, -0.2) is 0 Å². The Morgan fingerprint density at radius 1 is 1.22 bits per heavy atom. The summed E-state index contributed by atoms with van der Waals surface area (Å²) >= 11 is 1.09. The number of rotatable bonds is 8. The zero-order valence-electron chi connectivity index (χ0n) is 21.3. The van der Waals surface area contributed by atoms with Crippen LogP contribution in [0.25, 0.3) is 11.8 Å². The molecule has 37 heavy (non-hydrogen) atoms. The van der Waals surface area contributed by atoms with Crippen molar-refractivity contribution in [2.45, 2.75) is 52.0 Å². The van der Waals surface area contributed by atoms with Gasteiger partial charge in [0.15, 0.2) is 5.57 Å². The third-order valence-corrected chi connectivity index (χ3v) is 8.62. The van der Waals surface area contributed by atoms with Gasteiger partial charge in [0.1, 0.15) is 21.8 Å². The fourth-order valence-corrected chi connectivity index (χ4v) is 6.61. The first-order valence-electron chi connectivity index (χ1n) is 13.1. The maximum absolute atomic E-state index is 12.9. The van der Waals surface area contributed by atoms with Crippen molar-refractivity contribution < 1.29 is 4.79 Å². The normalized spacial score (nSPS) is 20.9. The molecule has 0 unspecified atom stereocenters. The number of benzene rings is 1. The van der Waals surface area contributed by atoms with Gasteiger partial charge in [-0.15, -0.1) is 11.3 Å².